The Morgan fingerprint density at radius 3 is 1.88 bits per heavy atom. The number of rotatable bonds is 5. The van der Waals surface area contributed by atoms with Gasteiger partial charge in [-0.05, 0) is 0 Å². The monoisotopic (exact) mass is 786 g/mol. The number of fused-ring (bicyclic) bond motifs is 3. The predicted molar refractivity (Wildman–Crippen MR) is 220 cm³/mol. The SMILES string of the molecule is Cl.Cl.[CH2]=[Zr]([CH3])([C]1=C(C)C(CC23CC4CC(CC(C4)C2)C3)=CC1C)([c]1ccccc1)[c]1cc(C(C)(C)C)cc2c1Cc1ccc(C(C)(C)C)cc1-2. The van der Waals surface area contributed by atoms with Gasteiger partial charge in [-0.2, -0.15) is 0 Å². The standard InChI is InChI=1S/C21H25.C18H25.C6H5.CH3.CH2.2ClH.Zr/c1-20(2,3)16-9-7-14-11-15-8-10-17(21(4,5)6)13-19(15)18(14)12-16;1-12-3-13(2)17(4-12)11-18-8-14-5-15(9-18)7-16(6-14)10-18;1-2-4-6-5-3-1;;;;;/h7,9-10,12-13H,11H2,1-6H3;4,12,14-16H,5-11H2,1-2H3;1-5H;1H3;1H2;2*1H;. The van der Waals surface area contributed by atoms with E-state index in [1.54, 1.807) is 23.3 Å². The van der Waals surface area contributed by atoms with Gasteiger partial charge in [0.1, 0.15) is 0 Å². The Kier molecular flexibility index (Phi) is 9.57. The summed E-state index contributed by atoms with van der Waals surface area (Å²) in [6.45, 7) is 19.3. The van der Waals surface area contributed by atoms with E-state index in [-0.39, 0.29) is 35.6 Å². The van der Waals surface area contributed by atoms with Gasteiger partial charge in [-0.25, -0.2) is 0 Å². The minimum atomic E-state index is -4.46. The Balaban J connectivity index is 0.00000216. The Labute approximate surface area is 317 Å². The molecule has 3 heteroatoms. The summed E-state index contributed by atoms with van der Waals surface area (Å²) < 4.78 is 13.3. The van der Waals surface area contributed by atoms with E-state index in [4.69, 9.17) is 4.21 Å². The molecule has 0 aliphatic heterocycles. The van der Waals surface area contributed by atoms with Crippen LogP contribution in [-0.2, 0) is 35.5 Å². The van der Waals surface area contributed by atoms with Gasteiger partial charge in [0.15, 0.2) is 0 Å². The van der Waals surface area contributed by atoms with Crippen molar-refractivity contribution in [3.63, 3.8) is 0 Å². The topological polar surface area (TPSA) is 0 Å². The molecule has 0 amide bonds. The number of hydrogen-bond donors (Lipinski definition) is 0. The summed E-state index contributed by atoms with van der Waals surface area (Å²) >= 11 is -4.46. The van der Waals surface area contributed by atoms with Crippen molar-refractivity contribution in [2.45, 2.75) is 122 Å². The summed E-state index contributed by atoms with van der Waals surface area (Å²) in [5, 5.41) is 0. The van der Waals surface area contributed by atoms with Crippen molar-refractivity contribution < 1.29 is 18.3 Å². The second-order valence-corrected chi connectivity index (χ2v) is 34.0. The molecular weight excluding hydrogens is 727 g/mol. The van der Waals surface area contributed by atoms with Crippen molar-refractivity contribution >= 4 is 35.6 Å². The first kappa shape index (κ1) is 38.2. The van der Waals surface area contributed by atoms with Crippen LogP contribution in [0.15, 0.2) is 81.2 Å². The van der Waals surface area contributed by atoms with Crippen LogP contribution < -0.4 is 6.54 Å². The molecule has 3 aromatic rings. The van der Waals surface area contributed by atoms with E-state index < -0.39 is 18.3 Å². The molecule has 0 aromatic heterocycles. The van der Waals surface area contributed by atoms with Crippen LogP contribution in [0.25, 0.3) is 11.1 Å². The molecule has 6 aliphatic rings. The van der Waals surface area contributed by atoms with E-state index in [1.807, 2.05) is 0 Å². The molecule has 9 rings (SSSR count). The third-order valence-corrected chi connectivity index (χ3v) is 29.3. The summed E-state index contributed by atoms with van der Waals surface area (Å²) in [4.78, 5) is 0. The van der Waals surface area contributed by atoms with Crippen molar-refractivity contribution in [2.24, 2.45) is 29.1 Å². The number of allylic oxidation sites excluding steroid dienone is 4. The van der Waals surface area contributed by atoms with E-state index in [1.165, 1.54) is 76.0 Å². The van der Waals surface area contributed by atoms with Crippen LogP contribution in [0.5, 0.6) is 0 Å². The van der Waals surface area contributed by atoms with Gasteiger partial charge in [0.25, 0.3) is 0 Å². The maximum absolute atomic E-state index is 5.72. The van der Waals surface area contributed by atoms with Crippen LogP contribution in [0, 0.1) is 29.1 Å². The summed E-state index contributed by atoms with van der Waals surface area (Å²) in [5.74, 6) is 3.41. The molecule has 4 fully saturated rings. The molecule has 0 N–H and O–H groups in total. The zero-order valence-electron chi connectivity index (χ0n) is 32.3. The van der Waals surface area contributed by atoms with Gasteiger partial charge < -0.3 is 0 Å². The Hall–Kier alpha value is -1.53. The van der Waals surface area contributed by atoms with Crippen molar-refractivity contribution in [3.8, 4) is 11.1 Å². The molecule has 0 heterocycles. The zero-order valence-corrected chi connectivity index (χ0v) is 36.4. The molecule has 268 valence electrons. The van der Waals surface area contributed by atoms with E-state index in [2.05, 4.69) is 127 Å². The van der Waals surface area contributed by atoms with Gasteiger partial charge in [0, 0.05) is 0 Å². The van der Waals surface area contributed by atoms with E-state index >= 15 is 0 Å². The summed E-state index contributed by atoms with van der Waals surface area (Å²) in [6.07, 6.45) is 14.1. The fourth-order valence-corrected chi connectivity index (χ4v) is 27.3. The molecule has 0 radical (unpaired) electrons. The molecule has 0 saturated heterocycles. The van der Waals surface area contributed by atoms with Gasteiger partial charge in [0.2, 0.25) is 0 Å². The van der Waals surface area contributed by atoms with E-state index in [0.29, 0.717) is 11.3 Å². The van der Waals surface area contributed by atoms with E-state index in [9.17, 15) is 0 Å². The molecule has 0 nitrogen and oxygen atoms in total. The Bertz CT molecular complexity index is 1920. The first-order valence-electron chi connectivity index (χ1n) is 19.3. The molecule has 1 atom stereocenters. The van der Waals surface area contributed by atoms with Crippen LogP contribution in [0.4, 0.5) is 0 Å². The van der Waals surface area contributed by atoms with Crippen LogP contribution in [0.3, 0.4) is 0 Å². The first-order chi connectivity index (χ1) is 22.4. The third kappa shape index (κ3) is 5.91. The van der Waals surface area contributed by atoms with Crippen LogP contribution >= 0.6 is 24.8 Å². The average molecular weight is 789 g/mol. The molecule has 4 bridgehead atoms. The second kappa shape index (κ2) is 12.5. The minimum absolute atomic E-state index is 0. The van der Waals surface area contributed by atoms with Gasteiger partial charge in [-0.15, -0.1) is 24.8 Å². The van der Waals surface area contributed by atoms with Gasteiger partial charge in [-0.1, -0.05) is 0 Å². The number of hydrogen-bond acceptors (Lipinski definition) is 0. The number of halogens is 2. The Morgan fingerprint density at radius 1 is 0.760 bits per heavy atom. The van der Waals surface area contributed by atoms with Crippen LogP contribution in [0.2, 0.25) is 4.63 Å². The maximum atomic E-state index is 5.72. The molecule has 0 spiro atoms. The molecule has 3 aromatic carbocycles. The summed E-state index contributed by atoms with van der Waals surface area (Å²) in [5.41, 5.74) is 12.9. The van der Waals surface area contributed by atoms with Crippen LogP contribution in [0.1, 0.15) is 123 Å². The Morgan fingerprint density at radius 2 is 1.32 bits per heavy atom. The van der Waals surface area contributed by atoms with Crippen molar-refractivity contribution in [2.75, 3.05) is 0 Å². The summed E-state index contributed by atoms with van der Waals surface area (Å²) in [6, 6.07) is 24.3. The summed E-state index contributed by atoms with van der Waals surface area (Å²) in [7, 11) is 0. The molecule has 1 unspecified atom stereocenters. The third-order valence-electron chi connectivity index (χ3n) is 14.3. The molecule has 50 heavy (non-hydrogen) atoms. The van der Waals surface area contributed by atoms with E-state index in [0.717, 1.165) is 24.2 Å². The van der Waals surface area contributed by atoms with Crippen molar-refractivity contribution in [1.29, 1.82) is 0 Å². The van der Waals surface area contributed by atoms with Gasteiger partial charge in [-0.3, -0.25) is 0 Å². The van der Waals surface area contributed by atoms with Crippen molar-refractivity contribution in [1.82, 2.24) is 0 Å². The first-order valence-corrected chi connectivity index (χ1v) is 27.2. The number of benzene rings is 3. The quantitative estimate of drug-likeness (QED) is 0.189. The normalized spacial score (nSPS) is 27.0. The molecule has 4 saturated carbocycles. The van der Waals surface area contributed by atoms with Gasteiger partial charge >= 0.3 is 295 Å². The van der Waals surface area contributed by atoms with Crippen molar-refractivity contribution in [3.05, 3.63) is 103 Å². The molecular formula is C47H62Cl2Zr. The average Bonchev–Trinajstić information content (AvgIpc) is 3.51. The molecule has 6 aliphatic carbocycles. The zero-order chi connectivity index (χ0) is 34.0. The van der Waals surface area contributed by atoms with Gasteiger partial charge in [0.05, 0.1) is 0 Å². The van der Waals surface area contributed by atoms with Crippen LogP contribution in [-0.4, -0.2) is 4.21 Å². The fraction of sp³-hybridized carbons (Fsp3) is 0.511. The second-order valence-electron chi connectivity index (χ2n) is 20.1. The predicted octanol–water partition coefficient (Wildman–Crippen LogP) is 12.3. The fourth-order valence-electron chi connectivity index (χ4n) is 12.4.